The number of Topliss-reactive ketones (excluding diaryl/α,β-unsaturated/α-hetero) is 2. The molecule has 1 unspecified atom stereocenters. The van der Waals surface area contributed by atoms with Crippen LogP contribution in [0.3, 0.4) is 0 Å². The van der Waals surface area contributed by atoms with Crippen molar-refractivity contribution in [2.75, 3.05) is 282 Å². The third-order valence-corrected chi connectivity index (χ3v) is 20.1. The van der Waals surface area contributed by atoms with Crippen molar-refractivity contribution in [3.05, 3.63) is 94.0 Å². The standard InChI is InChI=1S/C48H74N4O18.C41H71N3O14.C4H8O.CH5NP2/c1-5-6-7-8-39(47(56)50-40-11-9-38(10-12-40)34-69-48(57)70-42-15-13-41(14-16-42)52(58)59)33-43(53)46(37(2)3)51-45(55)36-68-32-30-66-28-26-64-24-22-62-20-18-60-17-19-61-21-23-63-25-27-65-29-31-67-35-44(54)49-4;1-5-6-7-8-35(41(49)43-36-11-9-34(30-45)10-12-36)29-37(46)40(33(2)3)44-39(48)32-58-28-26-56-24-22-54-20-18-52-16-14-50-13-15-51-17-19-53-21-23-55-25-27-57-31-38(47)42-4;1-2-4-5-3-1;1-3-4-2/h9-16,37,39,46H,5-8,17-36H2,1-4H3,(H,49,54)(H,50,56)(H,51,55);9-12,33,35,40,45H,5-8,13-32H2,1-4H3,(H,42,47)(H,43,49)(H,44,48);1-4H2;2-3H,1H3/t39-,46+;35-,40+;;/m11../s1. The van der Waals surface area contributed by atoms with E-state index in [1.54, 1.807) is 62.6 Å². The molecule has 43 heteroatoms. The van der Waals surface area contributed by atoms with Crippen molar-refractivity contribution in [1.29, 1.82) is 5.16 Å². The summed E-state index contributed by atoms with van der Waals surface area (Å²) in [5.41, 5.74) is 2.29. The van der Waals surface area contributed by atoms with Gasteiger partial charge in [-0.2, -0.15) is 0 Å². The highest BCUT2D eigenvalue weighted by molar-refractivity contribution is 8.06. The van der Waals surface area contributed by atoms with Gasteiger partial charge < -0.3 is 136 Å². The lowest BCUT2D eigenvalue weighted by atomic mass is 9.89. The normalized spacial score (nSPS) is 12.6. The molecule has 41 nitrogen and oxygen atoms in total. The van der Waals surface area contributed by atoms with Crippen molar-refractivity contribution in [3.63, 3.8) is 0 Å². The number of ether oxygens (including phenoxy) is 21. The molecular weight excluding hydrogens is 1830 g/mol. The topological polar surface area (TPSA) is 507 Å². The number of rotatable bonds is 84. The number of unbranched alkanes of at least 4 members (excludes halogenated alkanes) is 4. The Morgan fingerprint density at radius 1 is 0.423 bits per heavy atom. The molecule has 8 N–H and O–H groups in total. The van der Waals surface area contributed by atoms with E-state index in [2.05, 4.69) is 38.8 Å². The fraction of sp³-hybridized carbons (Fsp3) is 0.713. The smallest absolute Gasteiger partial charge is 0.429 e. The number of aliphatic hydroxyl groups is 1. The first-order valence-corrected chi connectivity index (χ1v) is 50.3. The Kier molecular flexibility index (Phi) is 84.3. The van der Waals surface area contributed by atoms with E-state index in [-0.39, 0.29) is 137 Å². The number of nitro benzene ring substituents is 1. The first-order chi connectivity index (χ1) is 66.5. The van der Waals surface area contributed by atoms with E-state index in [0.29, 0.717) is 215 Å². The van der Waals surface area contributed by atoms with Gasteiger partial charge in [-0.25, -0.2) is 4.79 Å². The van der Waals surface area contributed by atoms with Crippen molar-refractivity contribution in [1.82, 2.24) is 21.3 Å². The average molecular weight is 1990 g/mol. The zero-order valence-corrected chi connectivity index (χ0v) is 84.0. The molecule has 0 aliphatic carbocycles. The molecule has 1 saturated heterocycles. The highest BCUT2D eigenvalue weighted by Crippen LogP contribution is 2.25. The predicted octanol–water partition coefficient (Wildman–Crippen LogP) is 9.47. The Morgan fingerprint density at radius 2 is 0.701 bits per heavy atom. The third kappa shape index (κ3) is 74.8. The lowest BCUT2D eigenvalue weighted by Gasteiger charge is -2.24. The number of nitrogens with zero attached hydrogens (tertiary/aromatic N) is 1. The van der Waals surface area contributed by atoms with Gasteiger partial charge in [0.25, 0.3) is 5.69 Å². The summed E-state index contributed by atoms with van der Waals surface area (Å²) in [7, 11) is 4.66. The maximum Gasteiger partial charge on any atom is 0.514 e. The van der Waals surface area contributed by atoms with E-state index in [1.165, 1.54) is 37.1 Å². The average Bonchev–Trinajstić information content (AvgIpc) is 1.33. The maximum atomic E-state index is 13.6. The van der Waals surface area contributed by atoms with Gasteiger partial charge in [-0.3, -0.25) is 53.6 Å². The van der Waals surface area contributed by atoms with Crippen molar-refractivity contribution in [2.24, 2.45) is 23.7 Å². The Bertz CT molecular complexity index is 3550. The SMILES string of the molecule is C1CCOC1.CCCCC[C@H](CC(=O)[C@@H](NC(=O)COCCOCCOCCOCCOCCOCCOCCOCCOCC(=O)NC)C(C)C)C(=O)Nc1ccc(CO)cc1.CCCCC[C@H](CC(=O)[C@@H](NC(=O)COCCOCCOCCOCCOCCOCCOCCOCCOCC(=O)NC)C(C)C)C(=O)Nc1ccc(COC(=O)Oc2ccc([N+](=O)[O-])cc2)cc1.CPP=N. The summed E-state index contributed by atoms with van der Waals surface area (Å²) in [5.74, 6) is -3.71. The van der Waals surface area contributed by atoms with Crippen molar-refractivity contribution in [3.8, 4) is 5.75 Å². The second-order valence-corrected chi connectivity index (χ2v) is 33.7. The van der Waals surface area contributed by atoms with Gasteiger partial charge in [-0.05, 0) is 91.7 Å². The number of anilines is 2. The molecule has 4 rings (SSSR count). The van der Waals surface area contributed by atoms with Gasteiger partial charge in [-0.1, -0.05) is 113 Å². The number of hydrogen-bond acceptors (Lipinski definition) is 34. The molecule has 3 aromatic rings. The van der Waals surface area contributed by atoms with Crippen LogP contribution < -0.4 is 36.6 Å². The van der Waals surface area contributed by atoms with Gasteiger partial charge in [0, 0.05) is 83.6 Å². The summed E-state index contributed by atoms with van der Waals surface area (Å²) >= 11 is 0. The number of carbonyl (C=O) groups excluding carboxylic acids is 9. The van der Waals surface area contributed by atoms with Gasteiger partial charge in [0.15, 0.2) is 11.6 Å². The number of nitrogens with one attached hydrogen (secondary N) is 7. The van der Waals surface area contributed by atoms with Crippen LogP contribution in [0.4, 0.5) is 21.9 Å². The molecule has 0 bridgehead atoms. The van der Waals surface area contributed by atoms with Crippen LogP contribution in [0, 0.1) is 38.9 Å². The predicted molar refractivity (Wildman–Crippen MR) is 515 cm³/mol. The molecule has 5 atom stereocenters. The summed E-state index contributed by atoms with van der Waals surface area (Å²) in [6, 6.07) is 17.0. The minimum atomic E-state index is -0.990. The molecule has 782 valence electrons. The Balaban J connectivity index is 0.00000127. The zero-order valence-electron chi connectivity index (χ0n) is 82.1. The summed E-state index contributed by atoms with van der Waals surface area (Å²) in [5, 5.41) is 42.8. The van der Waals surface area contributed by atoms with Crippen LogP contribution in [0.15, 0.2) is 72.8 Å². The number of amides is 6. The lowest BCUT2D eigenvalue weighted by molar-refractivity contribution is -0.384. The highest BCUT2D eigenvalue weighted by Gasteiger charge is 2.32. The number of aliphatic hydroxyl groups excluding tert-OH is 1. The number of ketones is 2. The molecule has 137 heavy (non-hydrogen) atoms. The zero-order chi connectivity index (χ0) is 100. The summed E-state index contributed by atoms with van der Waals surface area (Å²) in [4.78, 5) is 124. The fourth-order valence-corrected chi connectivity index (χ4v) is 11.7. The maximum absolute atomic E-state index is 13.6. The quantitative estimate of drug-likeness (QED) is 0.00651. The van der Waals surface area contributed by atoms with Crippen LogP contribution in [0.5, 0.6) is 5.75 Å². The van der Waals surface area contributed by atoms with Gasteiger partial charge in [0.2, 0.25) is 35.4 Å². The molecule has 0 spiro atoms. The highest BCUT2D eigenvalue weighted by atomic mass is 32.0. The molecule has 1 heterocycles. The molecule has 0 radical (unpaired) electrons. The summed E-state index contributed by atoms with van der Waals surface area (Å²) < 4.78 is 113. The van der Waals surface area contributed by atoms with Crippen LogP contribution in [-0.4, -0.2) is 347 Å². The van der Waals surface area contributed by atoms with Gasteiger partial charge in [-0.15, -0.1) is 0 Å². The molecule has 0 aromatic heterocycles. The van der Waals surface area contributed by atoms with Crippen molar-refractivity contribution in [2.45, 2.75) is 144 Å². The molecule has 0 saturated carbocycles. The first-order valence-electron chi connectivity index (χ1n) is 47.1. The van der Waals surface area contributed by atoms with Gasteiger partial charge in [0.1, 0.15) is 38.8 Å². The molecule has 3 aromatic carbocycles. The van der Waals surface area contributed by atoms with E-state index in [1.807, 2.05) is 41.3 Å². The van der Waals surface area contributed by atoms with E-state index in [9.17, 15) is 58.4 Å². The van der Waals surface area contributed by atoms with E-state index in [0.717, 1.165) is 73.6 Å². The molecular formula is C94H158N8O33P2. The number of likely N-dealkylation sites (N-methyl/N-ethyl adjacent to an activating group) is 2. The molecule has 1 fully saturated rings. The number of non-ortho nitro benzene ring substituents is 1. The number of carbonyl (C=O) groups is 9. The van der Waals surface area contributed by atoms with Crippen molar-refractivity contribution >= 4 is 86.6 Å². The molecule has 1 aliphatic heterocycles. The largest absolute Gasteiger partial charge is 0.514 e. The summed E-state index contributed by atoms with van der Waals surface area (Å²) in [6.45, 7) is 27.4. The van der Waals surface area contributed by atoms with Crippen LogP contribution in [-0.2, 0) is 146 Å². The minimum Gasteiger partial charge on any atom is -0.429 e. The number of benzene rings is 3. The second-order valence-electron chi connectivity index (χ2n) is 31.0. The van der Waals surface area contributed by atoms with E-state index >= 15 is 0 Å². The summed E-state index contributed by atoms with van der Waals surface area (Å²) in [6.07, 6.45) is 7.90. The second kappa shape index (κ2) is 90.8. The third-order valence-electron chi connectivity index (χ3n) is 19.2. The Morgan fingerprint density at radius 3 is 0.942 bits per heavy atom. The van der Waals surface area contributed by atoms with Gasteiger partial charge in [0.05, 0.1) is 235 Å². The minimum absolute atomic E-state index is 0.0143. The lowest BCUT2D eigenvalue weighted by Crippen LogP contribution is -2.46. The van der Waals surface area contributed by atoms with E-state index < -0.39 is 46.8 Å². The van der Waals surface area contributed by atoms with Crippen LogP contribution in [0.2, 0.25) is 0 Å². The molecule has 1 aliphatic rings. The Labute approximate surface area is 811 Å². The van der Waals surface area contributed by atoms with Crippen molar-refractivity contribution < 1.29 is 153 Å². The Hall–Kier alpha value is -7.78. The monoisotopic (exact) mass is 1990 g/mol. The van der Waals surface area contributed by atoms with E-state index in [4.69, 9.17) is 105 Å². The van der Waals surface area contributed by atoms with Gasteiger partial charge >= 0.3 is 6.16 Å². The number of nitro groups is 1. The van der Waals surface area contributed by atoms with Crippen LogP contribution in [0.1, 0.15) is 130 Å². The number of hydrogen-bond donors (Lipinski definition) is 8. The fourth-order valence-electron chi connectivity index (χ4n) is 11.7. The molecule has 6 amide bonds. The first kappa shape index (κ1) is 127. The van der Waals surface area contributed by atoms with Crippen LogP contribution >= 0.6 is 16.3 Å². The van der Waals surface area contributed by atoms with Crippen LogP contribution in [0.25, 0.3) is 0 Å².